The van der Waals surface area contributed by atoms with Crippen molar-refractivity contribution in [3.63, 3.8) is 0 Å². The van der Waals surface area contributed by atoms with Crippen LogP contribution in [0.2, 0.25) is 0 Å². The van der Waals surface area contributed by atoms with Crippen molar-refractivity contribution < 1.29 is 9.59 Å². The minimum atomic E-state index is -0.317. The second-order valence-electron chi connectivity index (χ2n) is 7.69. The smallest absolute Gasteiger partial charge is 0.308 e. The summed E-state index contributed by atoms with van der Waals surface area (Å²) >= 11 is 0. The van der Waals surface area contributed by atoms with E-state index in [0.717, 1.165) is 42.6 Å². The number of urea groups is 1. The summed E-state index contributed by atoms with van der Waals surface area (Å²) in [6.07, 6.45) is 0. The lowest BCUT2D eigenvalue weighted by molar-refractivity contribution is 0.0876. The minimum absolute atomic E-state index is 0.103. The van der Waals surface area contributed by atoms with Gasteiger partial charge in [0.05, 0.1) is 12.2 Å². The topological polar surface area (TPSA) is 64.7 Å². The van der Waals surface area contributed by atoms with Gasteiger partial charge < -0.3 is 15.5 Å². The molecule has 0 aromatic heterocycles. The number of Topliss-reactive ketones (excluding diaryl/α,β-unsaturated/α-hetero) is 1. The van der Waals surface area contributed by atoms with Crippen molar-refractivity contribution in [3.8, 4) is 0 Å². The number of nitrogens with zero attached hydrogens (tertiary/aromatic N) is 2. The Kier molecular flexibility index (Phi) is 6.07. The predicted molar refractivity (Wildman–Crippen MR) is 121 cm³/mol. The molecule has 6 heteroatoms. The number of hydrogen-bond donors (Lipinski definition) is 2. The molecule has 6 nitrogen and oxygen atoms in total. The molecule has 0 radical (unpaired) electrons. The highest BCUT2D eigenvalue weighted by molar-refractivity contribution is 6.06. The third kappa shape index (κ3) is 4.84. The van der Waals surface area contributed by atoms with E-state index in [-0.39, 0.29) is 11.8 Å². The van der Waals surface area contributed by atoms with Gasteiger partial charge in [0.15, 0.2) is 5.78 Å². The molecule has 2 amide bonds. The van der Waals surface area contributed by atoms with Crippen LogP contribution in [0.25, 0.3) is 10.8 Å². The summed E-state index contributed by atoms with van der Waals surface area (Å²) in [7, 11) is 2.10. The highest BCUT2D eigenvalue weighted by atomic mass is 16.2. The number of ketones is 1. The summed E-state index contributed by atoms with van der Waals surface area (Å²) in [6, 6.07) is 20.5. The normalized spacial score (nSPS) is 15.1. The summed E-state index contributed by atoms with van der Waals surface area (Å²) in [5.41, 5.74) is 2.06. The number of anilines is 2. The Morgan fingerprint density at radius 3 is 2.30 bits per heavy atom. The zero-order valence-electron chi connectivity index (χ0n) is 17.1. The van der Waals surface area contributed by atoms with Crippen molar-refractivity contribution in [1.82, 2.24) is 9.80 Å². The van der Waals surface area contributed by atoms with Crippen LogP contribution in [-0.4, -0.2) is 61.4 Å². The molecule has 0 atom stereocenters. The maximum Gasteiger partial charge on any atom is 0.323 e. The first-order valence-electron chi connectivity index (χ1n) is 10.2. The van der Waals surface area contributed by atoms with Crippen LogP contribution in [0.15, 0.2) is 66.7 Å². The fraction of sp³-hybridized carbons (Fsp3) is 0.250. The first kappa shape index (κ1) is 20.1. The quantitative estimate of drug-likeness (QED) is 0.635. The Labute approximate surface area is 176 Å². The predicted octanol–water partition coefficient (Wildman–Crippen LogP) is 3.91. The van der Waals surface area contributed by atoms with Gasteiger partial charge in [-0.05, 0) is 42.8 Å². The molecule has 0 bridgehead atoms. The molecule has 2 N–H and O–H groups in total. The molecular formula is C24H26N4O2. The van der Waals surface area contributed by atoms with Crippen LogP contribution < -0.4 is 10.6 Å². The highest BCUT2D eigenvalue weighted by Gasteiger charge is 2.17. The summed E-state index contributed by atoms with van der Waals surface area (Å²) < 4.78 is 0. The summed E-state index contributed by atoms with van der Waals surface area (Å²) in [6.45, 7) is 4.23. The van der Waals surface area contributed by atoms with E-state index in [0.29, 0.717) is 17.8 Å². The van der Waals surface area contributed by atoms with Crippen molar-refractivity contribution in [3.05, 3.63) is 72.3 Å². The lowest BCUT2D eigenvalue weighted by Crippen LogP contribution is -2.46. The molecule has 1 aliphatic rings. The molecule has 154 valence electrons. The number of likely N-dealkylation sites (N-methyl/N-ethyl adjacent to an activating group) is 1. The number of fused-ring (bicyclic) bond motifs is 1. The number of hydrogen-bond acceptors (Lipinski definition) is 4. The number of rotatable bonds is 5. The number of nitrogens with one attached hydrogen (secondary N) is 2. The number of carbonyl (C=O) groups excluding carboxylic acids is 2. The van der Waals surface area contributed by atoms with Crippen LogP contribution >= 0.6 is 0 Å². The lowest BCUT2D eigenvalue weighted by atomic mass is 10.1. The molecule has 0 saturated carbocycles. The van der Waals surface area contributed by atoms with E-state index in [2.05, 4.69) is 27.5 Å². The highest BCUT2D eigenvalue weighted by Crippen LogP contribution is 2.23. The van der Waals surface area contributed by atoms with Gasteiger partial charge in [-0.3, -0.25) is 9.69 Å². The van der Waals surface area contributed by atoms with E-state index in [9.17, 15) is 9.59 Å². The van der Waals surface area contributed by atoms with Gasteiger partial charge in [0.1, 0.15) is 0 Å². The molecule has 3 aromatic rings. The van der Waals surface area contributed by atoms with E-state index < -0.39 is 0 Å². The van der Waals surface area contributed by atoms with Crippen molar-refractivity contribution in [2.45, 2.75) is 0 Å². The number of benzene rings is 3. The van der Waals surface area contributed by atoms with Gasteiger partial charge in [-0.25, -0.2) is 4.79 Å². The summed E-state index contributed by atoms with van der Waals surface area (Å²) in [4.78, 5) is 29.4. The number of piperazine rings is 1. The van der Waals surface area contributed by atoms with E-state index >= 15 is 0 Å². The zero-order chi connectivity index (χ0) is 20.9. The van der Waals surface area contributed by atoms with Crippen LogP contribution in [0.1, 0.15) is 10.4 Å². The molecule has 0 unspecified atom stereocenters. The molecule has 3 aromatic carbocycles. The first-order valence-corrected chi connectivity index (χ1v) is 10.2. The zero-order valence-corrected chi connectivity index (χ0v) is 17.1. The van der Waals surface area contributed by atoms with Crippen molar-refractivity contribution >= 4 is 34.0 Å². The largest absolute Gasteiger partial charge is 0.323 e. The van der Waals surface area contributed by atoms with Crippen molar-refractivity contribution in [2.75, 3.05) is 50.4 Å². The second-order valence-corrected chi connectivity index (χ2v) is 7.69. The monoisotopic (exact) mass is 402 g/mol. The molecular weight excluding hydrogens is 376 g/mol. The van der Waals surface area contributed by atoms with Crippen LogP contribution in [0.3, 0.4) is 0 Å². The second kappa shape index (κ2) is 9.07. The maximum absolute atomic E-state index is 12.5. The Balaban J connectivity index is 1.35. The van der Waals surface area contributed by atoms with Gasteiger partial charge in [-0.15, -0.1) is 0 Å². The van der Waals surface area contributed by atoms with Crippen LogP contribution in [-0.2, 0) is 0 Å². The van der Waals surface area contributed by atoms with E-state index in [4.69, 9.17) is 0 Å². The Morgan fingerprint density at radius 2 is 1.53 bits per heavy atom. The molecule has 0 spiro atoms. The number of carbonyl (C=O) groups is 2. The van der Waals surface area contributed by atoms with Gasteiger partial charge >= 0.3 is 6.03 Å². The van der Waals surface area contributed by atoms with Crippen LogP contribution in [0, 0.1) is 0 Å². The van der Waals surface area contributed by atoms with Crippen molar-refractivity contribution in [1.29, 1.82) is 0 Å². The molecule has 30 heavy (non-hydrogen) atoms. The minimum Gasteiger partial charge on any atom is -0.308 e. The van der Waals surface area contributed by atoms with Gasteiger partial charge in [0, 0.05) is 42.8 Å². The van der Waals surface area contributed by atoms with Gasteiger partial charge in [-0.2, -0.15) is 0 Å². The van der Waals surface area contributed by atoms with Crippen molar-refractivity contribution in [2.24, 2.45) is 0 Å². The Morgan fingerprint density at radius 1 is 0.833 bits per heavy atom. The third-order valence-corrected chi connectivity index (χ3v) is 5.47. The number of amides is 2. The van der Waals surface area contributed by atoms with E-state index in [1.807, 2.05) is 42.5 Å². The molecule has 1 aliphatic heterocycles. The van der Waals surface area contributed by atoms with Gasteiger partial charge in [0.2, 0.25) is 0 Å². The van der Waals surface area contributed by atoms with E-state index in [1.54, 1.807) is 24.3 Å². The standard InChI is InChI=1S/C24H26N4O2/c1-27-13-15-28(16-14-27)17-23(29)19-9-11-20(12-10-19)25-24(30)26-22-8-4-6-18-5-2-3-7-21(18)22/h2-12H,13-17H2,1H3,(H2,25,26,30). The fourth-order valence-electron chi connectivity index (χ4n) is 3.66. The molecule has 4 rings (SSSR count). The van der Waals surface area contributed by atoms with Gasteiger partial charge in [0.25, 0.3) is 0 Å². The molecule has 1 fully saturated rings. The fourth-order valence-corrected chi connectivity index (χ4v) is 3.66. The van der Waals surface area contributed by atoms with Crippen LogP contribution in [0.5, 0.6) is 0 Å². The molecule has 1 heterocycles. The summed E-state index contributed by atoms with van der Waals surface area (Å²) in [5, 5.41) is 7.79. The average molecular weight is 402 g/mol. The van der Waals surface area contributed by atoms with Gasteiger partial charge in [-0.1, -0.05) is 36.4 Å². The van der Waals surface area contributed by atoms with E-state index in [1.165, 1.54) is 0 Å². The summed E-state index contributed by atoms with van der Waals surface area (Å²) in [5.74, 6) is 0.103. The van der Waals surface area contributed by atoms with Crippen LogP contribution in [0.4, 0.5) is 16.2 Å². The SMILES string of the molecule is CN1CCN(CC(=O)c2ccc(NC(=O)Nc3cccc4ccccc34)cc2)CC1. The molecule has 1 saturated heterocycles. The average Bonchev–Trinajstić information content (AvgIpc) is 2.76. The maximum atomic E-state index is 12.5. The first-order chi connectivity index (χ1) is 14.6. The Hall–Kier alpha value is -3.22. The lowest BCUT2D eigenvalue weighted by Gasteiger charge is -2.31. The molecule has 0 aliphatic carbocycles. The Bertz CT molecular complexity index is 1040. The third-order valence-electron chi connectivity index (χ3n) is 5.47.